The Labute approximate surface area is 346 Å². The van der Waals surface area contributed by atoms with E-state index in [1.54, 1.807) is 95.0 Å². The van der Waals surface area contributed by atoms with Crippen molar-refractivity contribution in [2.45, 2.75) is 38.0 Å². The van der Waals surface area contributed by atoms with Crippen LogP contribution in [0.5, 0.6) is 11.5 Å². The summed E-state index contributed by atoms with van der Waals surface area (Å²) in [7, 11) is 6.34. The second-order valence-corrected chi connectivity index (χ2v) is 14.3. The van der Waals surface area contributed by atoms with Crippen LogP contribution in [0.1, 0.15) is 11.1 Å². The maximum absolute atomic E-state index is 14.2. The molecule has 0 spiro atoms. The van der Waals surface area contributed by atoms with Gasteiger partial charge >= 0.3 is 5.69 Å². The highest BCUT2D eigenvalue weighted by Crippen LogP contribution is 2.24. The van der Waals surface area contributed by atoms with E-state index in [1.165, 1.54) is 18.9 Å². The molecule has 304 valence electrons. The van der Waals surface area contributed by atoms with E-state index in [0.29, 0.717) is 28.4 Å². The zero-order valence-electron chi connectivity index (χ0n) is 33.1. The van der Waals surface area contributed by atoms with Crippen molar-refractivity contribution in [3.63, 3.8) is 0 Å². The van der Waals surface area contributed by atoms with E-state index in [0.717, 1.165) is 11.1 Å². The number of amides is 4. The van der Waals surface area contributed by atoms with Crippen LogP contribution in [0.25, 0.3) is 11.0 Å². The molecule has 0 aliphatic carbocycles. The van der Waals surface area contributed by atoms with Crippen molar-refractivity contribution < 1.29 is 28.7 Å². The monoisotopic (exact) mass is 816 g/mol. The minimum Gasteiger partial charge on any atom is -0.497 e. The summed E-state index contributed by atoms with van der Waals surface area (Å²) < 4.78 is 12.9. The minimum atomic E-state index is -1.00. The molecule has 5 aromatic carbocycles. The predicted molar refractivity (Wildman–Crippen MR) is 228 cm³/mol. The Balaban J connectivity index is 1.24. The highest BCUT2D eigenvalue weighted by atomic mass is 35.5. The lowest BCUT2D eigenvalue weighted by Crippen LogP contribution is -2.50. The Morgan fingerprint density at radius 2 is 1.02 bits per heavy atom. The van der Waals surface area contributed by atoms with Gasteiger partial charge in [-0.15, -0.1) is 0 Å². The number of aromatic nitrogens is 2. The molecule has 2 N–H and O–H groups in total. The number of hydrogen-bond donors (Lipinski definition) is 2. The molecule has 1 unspecified atom stereocenters. The van der Waals surface area contributed by atoms with Crippen LogP contribution in [0.2, 0.25) is 5.02 Å². The van der Waals surface area contributed by atoms with Gasteiger partial charge in [0.1, 0.15) is 36.7 Å². The third-order valence-corrected chi connectivity index (χ3v) is 10.3. The van der Waals surface area contributed by atoms with Gasteiger partial charge in [0.2, 0.25) is 23.6 Å². The van der Waals surface area contributed by atoms with Crippen LogP contribution in [0, 0.1) is 0 Å². The number of nitrogens with zero attached hydrogens (tertiary/aromatic N) is 4. The largest absolute Gasteiger partial charge is 0.497 e. The Morgan fingerprint density at radius 1 is 0.593 bits per heavy atom. The highest BCUT2D eigenvalue weighted by Gasteiger charge is 2.29. The number of halogens is 1. The molecule has 2 atom stereocenters. The molecule has 14 heteroatoms. The zero-order valence-corrected chi connectivity index (χ0v) is 33.9. The van der Waals surface area contributed by atoms with Crippen molar-refractivity contribution in [2.75, 3.05) is 38.1 Å². The lowest BCUT2D eigenvalue weighted by atomic mass is 10.0. The Bertz CT molecular complexity index is 2470. The minimum absolute atomic E-state index is 0.181. The number of benzene rings is 5. The molecule has 6 aromatic rings. The average Bonchev–Trinajstić information content (AvgIpc) is 3.52. The Kier molecular flexibility index (Phi) is 13.5. The number of rotatable bonds is 16. The molecular weight excluding hydrogens is 772 g/mol. The third kappa shape index (κ3) is 10.00. The van der Waals surface area contributed by atoms with Gasteiger partial charge < -0.3 is 29.9 Å². The average molecular weight is 817 g/mol. The number of carbonyl (C=O) groups is 4. The number of imidazole rings is 1. The molecule has 59 heavy (non-hydrogen) atoms. The summed E-state index contributed by atoms with van der Waals surface area (Å²) in [5.41, 5.74) is 2.68. The van der Waals surface area contributed by atoms with Crippen LogP contribution in [0.3, 0.4) is 0 Å². The second-order valence-electron chi connectivity index (χ2n) is 13.9. The maximum Gasteiger partial charge on any atom is 0.330 e. The van der Waals surface area contributed by atoms with Gasteiger partial charge in [0.15, 0.2) is 0 Å². The third-order valence-electron chi connectivity index (χ3n) is 10.0. The summed E-state index contributed by atoms with van der Waals surface area (Å²) in [6, 6.07) is 35.3. The van der Waals surface area contributed by atoms with Crippen LogP contribution < -0.4 is 35.6 Å². The molecule has 0 fully saturated rings. The van der Waals surface area contributed by atoms with Gasteiger partial charge in [0.05, 0.1) is 30.3 Å². The molecule has 0 radical (unpaired) electrons. The molecule has 0 bridgehead atoms. The van der Waals surface area contributed by atoms with E-state index in [4.69, 9.17) is 21.1 Å². The summed E-state index contributed by atoms with van der Waals surface area (Å²) in [5.74, 6) is -0.731. The van der Waals surface area contributed by atoms with Gasteiger partial charge in [-0.1, -0.05) is 78.3 Å². The summed E-state index contributed by atoms with van der Waals surface area (Å²) in [6.07, 6.45) is 0.366. The number of hydrogen-bond acceptors (Lipinski definition) is 7. The van der Waals surface area contributed by atoms with Gasteiger partial charge in [0, 0.05) is 38.3 Å². The smallest absolute Gasteiger partial charge is 0.330 e. The van der Waals surface area contributed by atoms with Gasteiger partial charge in [-0.3, -0.25) is 28.3 Å². The van der Waals surface area contributed by atoms with Crippen molar-refractivity contribution in [3.8, 4) is 11.5 Å². The van der Waals surface area contributed by atoms with Crippen molar-refractivity contribution in [1.29, 1.82) is 0 Å². The molecule has 0 saturated carbocycles. The first-order valence-electron chi connectivity index (χ1n) is 18.8. The number of methoxy groups -OCH3 is 2. The van der Waals surface area contributed by atoms with E-state index >= 15 is 0 Å². The van der Waals surface area contributed by atoms with E-state index in [1.807, 2.05) is 60.7 Å². The van der Waals surface area contributed by atoms with Crippen molar-refractivity contribution in [2.24, 2.45) is 0 Å². The fourth-order valence-electron chi connectivity index (χ4n) is 6.83. The van der Waals surface area contributed by atoms with Crippen LogP contribution in [-0.2, 0) is 45.1 Å². The zero-order chi connectivity index (χ0) is 42.1. The lowest BCUT2D eigenvalue weighted by molar-refractivity contribution is -0.128. The number of nitrogens with one attached hydrogen (secondary N) is 2. The van der Waals surface area contributed by atoms with Gasteiger partial charge in [-0.2, -0.15) is 0 Å². The number of fused-ring (bicyclic) bond motifs is 1. The quantitative estimate of drug-likeness (QED) is 0.136. The molecule has 1 aromatic heterocycles. The first-order valence-corrected chi connectivity index (χ1v) is 19.2. The highest BCUT2D eigenvalue weighted by molar-refractivity contribution is 6.35. The fraction of sp³-hybridized carbons (Fsp3) is 0.222. The molecule has 6 rings (SSSR count). The topological polar surface area (TPSA) is 144 Å². The van der Waals surface area contributed by atoms with Crippen molar-refractivity contribution in [1.82, 2.24) is 19.8 Å². The molecule has 4 amide bonds. The second kappa shape index (κ2) is 19.1. The Hall–Kier alpha value is -6.86. The number of carbonyl (C=O) groups excluding carboxylic acids is 4. The van der Waals surface area contributed by atoms with Crippen molar-refractivity contribution >= 4 is 57.6 Å². The summed E-state index contributed by atoms with van der Waals surface area (Å²) in [5, 5.41) is 5.88. The van der Waals surface area contributed by atoms with Crippen LogP contribution in [0.15, 0.2) is 132 Å². The SMILES string of the molecule is COc1ccc(N(C)C(=O)C(Cc2ccccc2)NC(=O)Cn2c(=O)n(CC(=O)N[C@@H](Cc3ccccc3)C(=O)N(C)c3ccc(OC)cc3)c3c(Cl)cccc32)cc1. The lowest BCUT2D eigenvalue weighted by Gasteiger charge is -2.25. The molecule has 0 aliphatic heterocycles. The number of para-hydroxylation sites is 1. The van der Waals surface area contributed by atoms with E-state index in [2.05, 4.69) is 10.6 Å². The number of ether oxygens (including phenoxy) is 2. The molecule has 13 nitrogen and oxygen atoms in total. The van der Waals surface area contributed by atoms with Gasteiger partial charge in [0.25, 0.3) is 0 Å². The van der Waals surface area contributed by atoms with E-state index in [9.17, 15) is 24.0 Å². The number of likely N-dealkylation sites (N-methyl/N-ethyl adjacent to an activating group) is 2. The predicted octanol–water partition coefficient (Wildman–Crippen LogP) is 5.25. The van der Waals surface area contributed by atoms with Crippen LogP contribution in [-0.4, -0.2) is 73.2 Å². The number of anilines is 2. The summed E-state index contributed by atoms with van der Waals surface area (Å²) >= 11 is 6.66. The Morgan fingerprint density at radius 3 is 1.44 bits per heavy atom. The molecule has 0 aliphatic rings. The first kappa shape index (κ1) is 41.8. The maximum atomic E-state index is 14.2. The van der Waals surface area contributed by atoms with Gasteiger partial charge in [-0.25, -0.2) is 4.79 Å². The van der Waals surface area contributed by atoms with Crippen LogP contribution in [0.4, 0.5) is 11.4 Å². The summed E-state index contributed by atoms with van der Waals surface area (Å²) in [4.78, 5) is 72.7. The van der Waals surface area contributed by atoms with Gasteiger partial charge in [-0.05, 0) is 71.8 Å². The summed E-state index contributed by atoms with van der Waals surface area (Å²) in [6.45, 7) is -0.975. The first-order chi connectivity index (χ1) is 28.5. The van der Waals surface area contributed by atoms with E-state index < -0.39 is 42.7 Å². The normalized spacial score (nSPS) is 11.9. The molecule has 0 saturated heterocycles. The fourth-order valence-corrected chi connectivity index (χ4v) is 7.10. The van der Waals surface area contributed by atoms with Crippen molar-refractivity contribution in [3.05, 3.63) is 154 Å². The van der Waals surface area contributed by atoms with Crippen LogP contribution >= 0.6 is 11.6 Å². The molecule has 1 heterocycles. The molecular formula is C45H45ClN6O7. The standard InChI is InChI=1S/C45H45ClN6O7/c1-49(32-18-22-34(58-3)23-19-32)43(55)37(26-30-12-7-5-8-13-30)47-40(53)28-51-39-17-11-16-36(46)42(39)52(45(51)57)29-41(54)48-38(27-31-14-9-6-10-15-31)44(56)50(2)33-20-24-35(59-4)25-21-33/h5-25,37-38H,26-29H2,1-4H3,(H,47,53)(H,48,54)/t37?,38-/m0/s1. The van der Waals surface area contributed by atoms with E-state index in [-0.39, 0.29) is 35.2 Å².